The fraction of sp³-hybridized carbons (Fsp3) is 0.667. The van der Waals surface area contributed by atoms with Gasteiger partial charge in [0.15, 0.2) is 0 Å². The van der Waals surface area contributed by atoms with E-state index in [1.807, 2.05) is 0 Å². The molecule has 0 bridgehead atoms. The van der Waals surface area contributed by atoms with Crippen molar-refractivity contribution in [3.05, 3.63) is 10.4 Å². The van der Waals surface area contributed by atoms with E-state index in [2.05, 4.69) is 14.8 Å². The number of carboxylic acids is 1. The van der Waals surface area contributed by atoms with Crippen LogP contribution < -0.4 is 0 Å². The number of thioether (sulfide) groups is 1. The first-order chi connectivity index (χ1) is 6.61. The molecule has 0 aromatic heterocycles. The number of hydrogen-bond donors (Lipinski definition) is 1. The summed E-state index contributed by atoms with van der Waals surface area (Å²) in [6, 6.07) is -1.14. The van der Waals surface area contributed by atoms with Gasteiger partial charge in [0.05, 0.1) is 12.9 Å². The lowest BCUT2D eigenvalue weighted by molar-refractivity contribution is -0.138. The molecular formula is C6H9N3O4S. The molecule has 1 N–H and O–H groups in total. The third-order valence-corrected chi connectivity index (χ3v) is 2.19. The first-order valence-electron chi connectivity index (χ1n) is 3.53. The second-order valence-corrected chi connectivity index (χ2v) is 3.18. The molecular weight excluding hydrogens is 210 g/mol. The van der Waals surface area contributed by atoms with Gasteiger partial charge in [0.25, 0.3) is 0 Å². The summed E-state index contributed by atoms with van der Waals surface area (Å²) in [6.45, 7) is 0. The minimum absolute atomic E-state index is 0.0429. The van der Waals surface area contributed by atoms with Crippen molar-refractivity contribution in [2.45, 2.75) is 6.04 Å². The Kier molecular flexibility index (Phi) is 6.34. The zero-order valence-electron chi connectivity index (χ0n) is 7.41. The second-order valence-electron chi connectivity index (χ2n) is 2.15. The number of rotatable bonds is 6. The quantitative estimate of drug-likeness (QED) is 0.305. The Balaban J connectivity index is 3.89. The second kappa shape index (κ2) is 7.05. The molecule has 0 amide bonds. The van der Waals surface area contributed by atoms with Gasteiger partial charge in [-0.15, -0.1) is 11.8 Å². The summed E-state index contributed by atoms with van der Waals surface area (Å²) in [6.07, 6.45) is 0. The molecule has 0 aliphatic rings. The molecule has 78 valence electrons. The summed E-state index contributed by atoms with van der Waals surface area (Å²) < 4.78 is 4.34. The van der Waals surface area contributed by atoms with Crippen LogP contribution in [0.4, 0.5) is 0 Å². The Morgan fingerprint density at radius 2 is 2.36 bits per heavy atom. The monoisotopic (exact) mass is 219 g/mol. The van der Waals surface area contributed by atoms with Gasteiger partial charge in [-0.2, -0.15) is 0 Å². The van der Waals surface area contributed by atoms with Crippen LogP contribution in [0.15, 0.2) is 5.11 Å². The maximum Gasteiger partial charge on any atom is 0.315 e. The molecule has 0 saturated carbocycles. The number of carbonyl (C=O) groups is 2. The van der Waals surface area contributed by atoms with Gasteiger partial charge in [-0.3, -0.25) is 9.59 Å². The van der Waals surface area contributed by atoms with Gasteiger partial charge in [0.2, 0.25) is 0 Å². The molecule has 7 nitrogen and oxygen atoms in total. The predicted molar refractivity (Wildman–Crippen MR) is 49.9 cm³/mol. The standard InChI is InChI=1S/C6H9N3O4S/c1-13-5(10)3-14-2-4(6(11)12)8-9-7/h4H,2-3H2,1H3,(H,11,12). The van der Waals surface area contributed by atoms with Crippen molar-refractivity contribution in [2.24, 2.45) is 5.11 Å². The lowest BCUT2D eigenvalue weighted by Gasteiger charge is -2.03. The third kappa shape index (κ3) is 5.28. The van der Waals surface area contributed by atoms with Crippen molar-refractivity contribution in [3.8, 4) is 0 Å². The van der Waals surface area contributed by atoms with E-state index in [0.717, 1.165) is 11.8 Å². The number of aliphatic carboxylic acids is 1. The molecule has 0 aromatic rings. The predicted octanol–water partition coefficient (Wildman–Crippen LogP) is 0.656. The summed E-state index contributed by atoms with van der Waals surface area (Å²) in [5, 5.41) is 11.6. The Labute approximate surface area is 84.1 Å². The van der Waals surface area contributed by atoms with E-state index in [9.17, 15) is 9.59 Å². The van der Waals surface area contributed by atoms with Gasteiger partial charge in [-0.1, -0.05) is 5.11 Å². The van der Waals surface area contributed by atoms with Crippen LogP contribution in [0.5, 0.6) is 0 Å². The largest absolute Gasteiger partial charge is 0.481 e. The van der Waals surface area contributed by atoms with Crippen LogP contribution in [-0.2, 0) is 14.3 Å². The van der Waals surface area contributed by atoms with E-state index in [4.69, 9.17) is 10.6 Å². The number of esters is 1. The van der Waals surface area contributed by atoms with Crippen LogP contribution in [0.3, 0.4) is 0 Å². The zero-order valence-corrected chi connectivity index (χ0v) is 8.23. The fourth-order valence-electron chi connectivity index (χ4n) is 0.529. The number of carboxylic acid groups (broad SMARTS) is 1. The molecule has 0 aliphatic heterocycles. The fourth-order valence-corrected chi connectivity index (χ4v) is 1.36. The number of carbonyl (C=O) groups excluding carboxylic acids is 1. The lowest BCUT2D eigenvalue weighted by atomic mass is 10.4. The first kappa shape index (κ1) is 12.6. The summed E-state index contributed by atoms with van der Waals surface area (Å²) in [5.41, 5.74) is 8.03. The van der Waals surface area contributed by atoms with E-state index in [0.29, 0.717) is 0 Å². The Morgan fingerprint density at radius 3 is 2.79 bits per heavy atom. The molecule has 1 atom stereocenters. The van der Waals surface area contributed by atoms with Crippen LogP contribution in [-0.4, -0.2) is 41.7 Å². The number of methoxy groups -OCH3 is 1. The number of azide groups is 1. The summed E-state index contributed by atoms with van der Waals surface area (Å²) >= 11 is 1.04. The van der Waals surface area contributed by atoms with Crippen molar-refractivity contribution in [1.29, 1.82) is 0 Å². The molecule has 8 heteroatoms. The summed E-state index contributed by atoms with van der Waals surface area (Å²) in [5.74, 6) is -1.56. The normalized spacial score (nSPS) is 11.2. The molecule has 0 saturated heterocycles. The minimum atomic E-state index is -1.21. The van der Waals surface area contributed by atoms with Crippen molar-refractivity contribution in [3.63, 3.8) is 0 Å². The average Bonchev–Trinajstić information content (AvgIpc) is 2.16. The lowest BCUT2D eigenvalue weighted by Crippen LogP contribution is -2.20. The van der Waals surface area contributed by atoms with E-state index < -0.39 is 18.0 Å². The molecule has 0 heterocycles. The van der Waals surface area contributed by atoms with Crippen LogP contribution in [0, 0.1) is 0 Å². The average molecular weight is 219 g/mol. The first-order valence-corrected chi connectivity index (χ1v) is 4.68. The number of nitrogens with zero attached hydrogens (tertiary/aromatic N) is 3. The number of hydrogen-bond acceptors (Lipinski definition) is 5. The highest BCUT2D eigenvalue weighted by Crippen LogP contribution is 2.06. The Hall–Kier alpha value is -1.40. The molecule has 0 radical (unpaired) electrons. The highest BCUT2D eigenvalue weighted by atomic mass is 32.2. The molecule has 0 aliphatic carbocycles. The van der Waals surface area contributed by atoms with Crippen molar-refractivity contribution >= 4 is 23.7 Å². The van der Waals surface area contributed by atoms with Crippen LogP contribution >= 0.6 is 11.8 Å². The van der Waals surface area contributed by atoms with Gasteiger partial charge in [0.1, 0.15) is 6.04 Å². The SMILES string of the molecule is COC(=O)CSCC(N=[N+]=[N-])C(=O)O. The van der Waals surface area contributed by atoms with Crippen molar-refractivity contribution < 1.29 is 19.4 Å². The maximum absolute atomic E-state index is 10.6. The van der Waals surface area contributed by atoms with E-state index >= 15 is 0 Å². The zero-order chi connectivity index (χ0) is 11.0. The molecule has 1 unspecified atom stereocenters. The summed E-state index contributed by atoms with van der Waals surface area (Å²) in [4.78, 5) is 23.5. The summed E-state index contributed by atoms with van der Waals surface area (Å²) in [7, 11) is 1.24. The Bertz CT molecular complexity index is 262. The van der Waals surface area contributed by atoms with Gasteiger partial charge in [-0.05, 0) is 5.53 Å². The van der Waals surface area contributed by atoms with E-state index in [1.54, 1.807) is 0 Å². The van der Waals surface area contributed by atoms with Crippen molar-refractivity contribution in [2.75, 3.05) is 18.6 Å². The molecule has 0 spiro atoms. The van der Waals surface area contributed by atoms with Gasteiger partial charge >= 0.3 is 11.9 Å². The maximum atomic E-state index is 10.6. The molecule has 0 fully saturated rings. The van der Waals surface area contributed by atoms with E-state index in [-0.39, 0.29) is 11.5 Å². The third-order valence-electron chi connectivity index (χ3n) is 1.20. The molecule has 0 aromatic carbocycles. The van der Waals surface area contributed by atoms with E-state index in [1.165, 1.54) is 7.11 Å². The molecule has 14 heavy (non-hydrogen) atoms. The van der Waals surface area contributed by atoms with Crippen LogP contribution in [0.2, 0.25) is 0 Å². The van der Waals surface area contributed by atoms with Crippen LogP contribution in [0.1, 0.15) is 0 Å². The minimum Gasteiger partial charge on any atom is -0.481 e. The number of ether oxygens (including phenoxy) is 1. The van der Waals surface area contributed by atoms with Crippen LogP contribution in [0.25, 0.3) is 10.4 Å². The molecule has 0 rings (SSSR count). The van der Waals surface area contributed by atoms with Crippen molar-refractivity contribution in [1.82, 2.24) is 0 Å². The van der Waals surface area contributed by atoms with Gasteiger partial charge in [0, 0.05) is 10.7 Å². The van der Waals surface area contributed by atoms with Gasteiger partial charge in [-0.25, -0.2) is 0 Å². The highest BCUT2D eigenvalue weighted by molar-refractivity contribution is 8.00. The highest BCUT2D eigenvalue weighted by Gasteiger charge is 2.15. The Morgan fingerprint density at radius 1 is 1.71 bits per heavy atom. The van der Waals surface area contributed by atoms with Gasteiger partial charge < -0.3 is 9.84 Å². The topological polar surface area (TPSA) is 112 Å². The smallest absolute Gasteiger partial charge is 0.315 e.